The molecule has 21 heavy (non-hydrogen) atoms. The number of halogens is 4. The van der Waals surface area contributed by atoms with Gasteiger partial charge in [-0.2, -0.15) is 0 Å². The Morgan fingerprint density at radius 3 is 2.14 bits per heavy atom. The van der Waals surface area contributed by atoms with Crippen LogP contribution in [0.15, 0.2) is 24.3 Å². The summed E-state index contributed by atoms with van der Waals surface area (Å²) in [5, 5.41) is 4.96. The first-order valence-corrected chi connectivity index (χ1v) is 8.10. The first-order valence-electron chi connectivity index (χ1n) is 6.59. The lowest BCUT2D eigenvalue weighted by Gasteiger charge is -2.16. The lowest BCUT2D eigenvalue weighted by atomic mass is 9.97. The Morgan fingerprint density at radius 1 is 0.952 bits per heavy atom. The number of hydrogen-bond donors (Lipinski definition) is 1. The topological polar surface area (TPSA) is 12.0 Å². The highest BCUT2D eigenvalue weighted by Crippen LogP contribution is 2.44. The molecular weight excluding hydrogens is 348 g/mol. The highest BCUT2D eigenvalue weighted by Gasteiger charge is 2.18. The minimum Gasteiger partial charge on any atom is -0.313 e. The summed E-state index contributed by atoms with van der Waals surface area (Å²) in [6.07, 6.45) is 0. The van der Waals surface area contributed by atoms with Crippen molar-refractivity contribution in [1.82, 2.24) is 5.32 Å². The van der Waals surface area contributed by atoms with Crippen molar-refractivity contribution < 1.29 is 0 Å². The lowest BCUT2D eigenvalue weighted by molar-refractivity contribution is 0.728. The van der Waals surface area contributed by atoms with E-state index in [4.69, 9.17) is 46.4 Å². The molecule has 5 heteroatoms. The first kappa shape index (κ1) is 16.9. The zero-order valence-corrected chi connectivity index (χ0v) is 14.8. The molecule has 2 aromatic rings. The maximum absolute atomic E-state index is 6.37. The Hall–Kier alpha value is -0.440. The van der Waals surface area contributed by atoms with Crippen LogP contribution in [0.2, 0.25) is 20.1 Å². The summed E-state index contributed by atoms with van der Waals surface area (Å²) >= 11 is 25.0. The van der Waals surface area contributed by atoms with Crippen LogP contribution in [0, 0.1) is 6.92 Å². The molecule has 0 saturated carbocycles. The highest BCUT2D eigenvalue weighted by molar-refractivity contribution is 6.50. The van der Waals surface area contributed by atoms with E-state index in [1.165, 1.54) is 0 Å². The second-order valence-electron chi connectivity index (χ2n) is 4.78. The van der Waals surface area contributed by atoms with Crippen LogP contribution in [-0.2, 0) is 6.54 Å². The molecule has 0 aromatic heterocycles. The van der Waals surface area contributed by atoms with Gasteiger partial charge in [-0.15, -0.1) is 0 Å². The lowest BCUT2D eigenvalue weighted by Crippen LogP contribution is -2.12. The van der Waals surface area contributed by atoms with E-state index in [2.05, 4.69) is 24.4 Å². The van der Waals surface area contributed by atoms with Crippen molar-refractivity contribution in [3.8, 4) is 11.1 Å². The molecule has 1 nitrogen and oxygen atoms in total. The van der Waals surface area contributed by atoms with Gasteiger partial charge in [0, 0.05) is 12.1 Å². The Labute approximate surface area is 145 Å². The number of hydrogen-bond acceptors (Lipinski definition) is 1. The number of benzene rings is 2. The van der Waals surface area contributed by atoms with Crippen LogP contribution in [0.3, 0.4) is 0 Å². The summed E-state index contributed by atoms with van der Waals surface area (Å²) in [6, 6.07) is 7.74. The smallest absolute Gasteiger partial charge is 0.0686 e. The molecule has 0 aliphatic rings. The maximum Gasteiger partial charge on any atom is 0.0686 e. The zero-order chi connectivity index (χ0) is 15.6. The molecule has 0 radical (unpaired) electrons. The summed E-state index contributed by atoms with van der Waals surface area (Å²) in [5.74, 6) is 0. The molecule has 0 aliphatic carbocycles. The summed E-state index contributed by atoms with van der Waals surface area (Å²) in [6.45, 7) is 5.69. The van der Waals surface area contributed by atoms with Gasteiger partial charge in [-0.1, -0.05) is 77.1 Å². The monoisotopic (exact) mass is 361 g/mol. The van der Waals surface area contributed by atoms with Crippen LogP contribution in [0.25, 0.3) is 11.1 Å². The van der Waals surface area contributed by atoms with Gasteiger partial charge < -0.3 is 5.32 Å². The summed E-state index contributed by atoms with van der Waals surface area (Å²) in [4.78, 5) is 0. The summed E-state index contributed by atoms with van der Waals surface area (Å²) in [5.41, 5.74) is 3.86. The second kappa shape index (κ2) is 7.21. The Bertz CT molecular complexity index is 642. The molecule has 0 heterocycles. The van der Waals surface area contributed by atoms with Crippen molar-refractivity contribution in [1.29, 1.82) is 0 Å². The first-order chi connectivity index (χ1) is 9.95. The van der Waals surface area contributed by atoms with Crippen LogP contribution < -0.4 is 5.32 Å². The maximum atomic E-state index is 6.37. The summed E-state index contributed by atoms with van der Waals surface area (Å²) in [7, 11) is 0. The normalized spacial score (nSPS) is 11.0. The predicted octanol–water partition coefficient (Wildman–Crippen LogP) is 6.39. The van der Waals surface area contributed by atoms with E-state index in [-0.39, 0.29) is 0 Å². The molecule has 0 saturated heterocycles. The fourth-order valence-corrected chi connectivity index (χ4v) is 3.16. The molecule has 112 valence electrons. The fraction of sp³-hybridized carbons (Fsp3) is 0.250. The molecule has 0 amide bonds. The molecule has 1 N–H and O–H groups in total. The SMILES string of the molecule is CCNCc1ccc(C)cc1-c1c(Cl)c(Cl)cc(Cl)c1Cl. The second-order valence-corrected chi connectivity index (χ2v) is 6.35. The zero-order valence-electron chi connectivity index (χ0n) is 11.7. The number of nitrogens with one attached hydrogen (secondary N) is 1. The fourth-order valence-electron chi connectivity index (χ4n) is 2.15. The molecule has 0 atom stereocenters. The van der Waals surface area contributed by atoms with Crippen molar-refractivity contribution in [3.63, 3.8) is 0 Å². The van der Waals surface area contributed by atoms with Crippen LogP contribution >= 0.6 is 46.4 Å². The van der Waals surface area contributed by atoms with Crippen molar-refractivity contribution >= 4 is 46.4 Å². The van der Waals surface area contributed by atoms with Gasteiger partial charge in [-0.25, -0.2) is 0 Å². The van der Waals surface area contributed by atoms with Crippen molar-refractivity contribution in [2.45, 2.75) is 20.4 Å². The van der Waals surface area contributed by atoms with E-state index in [9.17, 15) is 0 Å². The van der Waals surface area contributed by atoms with Crippen molar-refractivity contribution in [3.05, 3.63) is 55.5 Å². The standard InChI is InChI=1S/C16H15Cl4N/c1-3-21-8-10-5-4-9(2)6-11(10)14-15(19)12(17)7-13(18)16(14)20/h4-7,21H,3,8H2,1-2H3. The number of aryl methyl sites for hydroxylation is 1. The minimum absolute atomic E-state index is 0.400. The Morgan fingerprint density at radius 2 is 1.57 bits per heavy atom. The molecule has 0 unspecified atom stereocenters. The van der Waals surface area contributed by atoms with Gasteiger partial charge in [0.2, 0.25) is 0 Å². The van der Waals surface area contributed by atoms with E-state index in [0.29, 0.717) is 25.7 Å². The van der Waals surface area contributed by atoms with Gasteiger partial charge in [0.25, 0.3) is 0 Å². The van der Waals surface area contributed by atoms with Gasteiger partial charge in [-0.3, -0.25) is 0 Å². The van der Waals surface area contributed by atoms with E-state index in [1.54, 1.807) is 6.07 Å². The molecular formula is C16H15Cl4N. The van der Waals surface area contributed by atoms with Crippen molar-refractivity contribution in [2.24, 2.45) is 0 Å². The van der Waals surface area contributed by atoms with Gasteiger partial charge in [0.1, 0.15) is 0 Å². The molecule has 2 rings (SSSR count). The molecule has 2 aromatic carbocycles. The average Bonchev–Trinajstić information content (AvgIpc) is 2.45. The van der Waals surface area contributed by atoms with E-state index in [0.717, 1.165) is 29.8 Å². The highest BCUT2D eigenvalue weighted by atomic mass is 35.5. The largest absolute Gasteiger partial charge is 0.313 e. The Balaban J connectivity index is 2.68. The summed E-state index contributed by atoms with van der Waals surface area (Å²) < 4.78 is 0. The average molecular weight is 363 g/mol. The predicted molar refractivity (Wildman–Crippen MR) is 94.0 cm³/mol. The van der Waals surface area contributed by atoms with E-state index >= 15 is 0 Å². The third-order valence-corrected chi connectivity index (χ3v) is 4.79. The number of rotatable bonds is 4. The van der Waals surface area contributed by atoms with Crippen molar-refractivity contribution in [2.75, 3.05) is 6.54 Å². The molecule has 0 aliphatic heterocycles. The molecule has 0 fully saturated rings. The van der Waals surface area contributed by atoms with E-state index in [1.807, 2.05) is 13.0 Å². The van der Waals surface area contributed by atoms with Gasteiger partial charge in [-0.05, 0) is 30.7 Å². The van der Waals surface area contributed by atoms with Gasteiger partial charge >= 0.3 is 0 Å². The molecule has 0 bridgehead atoms. The van der Waals surface area contributed by atoms with Crippen LogP contribution in [0.4, 0.5) is 0 Å². The Kier molecular flexibility index (Phi) is 5.81. The third-order valence-electron chi connectivity index (χ3n) is 3.21. The third kappa shape index (κ3) is 3.67. The van der Waals surface area contributed by atoms with Crippen LogP contribution in [0.1, 0.15) is 18.1 Å². The van der Waals surface area contributed by atoms with Gasteiger partial charge in [0.15, 0.2) is 0 Å². The van der Waals surface area contributed by atoms with Crippen LogP contribution in [0.5, 0.6) is 0 Å². The minimum atomic E-state index is 0.400. The molecule has 0 spiro atoms. The van der Waals surface area contributed by atoms with Crippen LogP contribution in [-0.4, -0.2) is 6.54 Å². The quantitative estimate of drug-likeness (QED) is 0.621. The van der Waals surface area contributed by atoms with E-state index < -0.39 is 0 Å². The van der Waals surface area contributed by atoms with Gasteiger partial charge in [0.05, 0.1) is 20.1 Å².